The van der Waals surface area contributed by atoms with Crippen LogP contribution < -0.4 is 5.73 Å². The van der Waals surface area contributed by atoms with Gasteiger partial charge in [0.05, 0.1) is 18.1 Å². The maximum absolute atomic E-state index is 5.64. The molecule has 0 aromatic carbocycles. The summed E-state index contributed by atoms with van der Waals surface area (Å²) in [5.74, 6) is 0.632. The van der Waals surface area contributed by atoms with Gasteiger partial charge in [-0.15, -0.1) is 0 Å². The number of hydrogen-bond acceptors (Lipinski definition) is 6. The first-order chi connectivity index (χ1) is 12.0. The molecule has 4 aromatic rings. The van der Waals surface area contributed by atoms with Crippen LogP contribution in [0, 0.1) is 6.92 Å². The Balaban J connectivity index is 1.91. The molecule has 0 radical (unpaired) electrons. The second-order valence-corrected chi connectivity index (χ2v) is 6.28. The summed E-state index contributed by atoms with van der Waals surface area (Å²) in [5, 5.41) is 11.9. The van der Waals surface area contributed by atoms with E-state index >= 15 is 0 Å². The van der Waals surface area contributed by atoms with E-state index in [1.807, 2.05) is 13.1 Å². The van der Waals surface area contributed by atoms with Crippen molar-refractivity contribution >= 4 is 11.5 Å². The second-order valence-electron chi connectivity index (χ2n) is 6.28. The Hall–Kier alpha value is -3.29. The van der Waals surface area contributed by atoms with Crippen molar-refractivity contribution in [2.24, 2.45) is 0 Å². The molecule has 0 fully saturated rings. The number of aryl methyl sites for hydroxylation is 1. The molecule has 0 saturated heterocycles. The number of fused-ring (bicyclic) bond motifs is 1. The Morgan fingerprint density at radius 1 is 1.16 bits per heavy atom. The molecule has 0 aliphatic heterocycles. The highest BCUT2D eigenvalue weighted by molar-refractivity contribution is 5.74. The Morgan fingerprint density at radius 3 is 2.72 bits per heavy atom. The third-order valence-corrected chi connectivity index (χ3v) is 4.14. The third kappa shape index (κ3) is 2.51. The lowest BCUT2D eigenvalue weighted by molar-refractivity contribution is 0.870. The zero-order valence-electron chi connectivity index (χ0n) is 14.2. The van der Waals surface area contributed by atoms with Crippen LogP contribution >= 0.6 is 0 Å². The summed E-state index contributed by atoms with van der Waals surface area (Å²) < 4.78 is 1.78. The fourth-order valence-corrected chi connectivity index (χ4v) is 3.02. The number of nitrogens with two attached hydrogens (primary N) is 1. The molecule has 4 aromatic heterocycles. The summed E-state index contributed by atoms with van der Waals surface area (Å²) in [6, 6.07) is 2.09. The molecule has 0 atom stereocenters. The normalized spacial score (nSPS) is 11.5. The first kappa shape index (κ1) is 15.3. The number of hydrogen-bond donors (Lipinski definition) is 2. The molecule has 0 bridgehead atoms. The Bertz CT molecular complexity index is 1040. The summed E-state index contributed by atoms with van der Waals surface area (Å²) in [4.78, 5) is 12.8. The number of nitrogen functional groups attached to an aromatic ring is 1. The Morgan fingerprint density at radius 2 is 2.00 bits per heavy atom. The minimum Gasteiger partial charge on any atom is -0.382 e. The highest BCUT2D eigenvalue weighted by atomic mass is 15.3. The molecule has 0 aliphatic carbocycles. The van der Waals surface area contributed by atoms with Gasteiger partial charge in [0, 0.05) is 17.3 Å². The largest absolute Gasteiger partial charge is 0.382 e. The van der Waals surface area contributed by atoms with Crippen molar-refractivity contribution in [2.75, 3.05) is 5.73 Å². The van der Waals surface area contributed by atoms with Crippen molar-refractivity contribution in [1.29, 1.82) is 0 Å². The Kier molecular flexibility index (Phi) is 3.45. The molecule has 3 N–H and O–H groups in total. The van der Waals surface area contributed by atoms with Crippen molar-refractivity contribution < 1.29 is 0 Å². The van der Waals surface area contributed by atoms with Gasteiger partial charge >= 0.3 is 0 Å². The van der Waals surface area contributed by atoms with E-state index in [2.05, 4.69) is 50.2 Å². The minimum absolute atomic E-state index is 0.245. The van der Waals surface area contributed by atoms with Crippen LogP contribution in [0.2, 0.25) is 0 Å². The van der Waals surface area contributed by atoms with E-state index in [-0.39, 0.29) is 5.92 Å². The molecule has 25 heavy (non-hydrogen) atoms. The number of H-pyrrole nitrogens is 1. The van der Waals surface area contributed by atoms with E-state index in [1.54, 1.807) is 23.2 Å². The zero-order chi connectivity index (χ0) is 17.6. The molecule has 0 unspecified atom stereocenters. The van der Waals surface area contributed by atoms with Gasteiger partial charge < -0.3 is 5.73 Å². The van der Waals surface area contributed by atoms with Gasteiger partial charge in [0.2, 0.25) is 0 Å². The van der Waals surface area contributed by atoms with Crippen LogP contribution in [0.5, 0.6) is 0 Å². The van der Waals surface area contributed by atoms with Gasteiger partial charge in [-0.1, -0.05) is 13.8 Å². The third-order valence-electron chi connectivity index (χ3n) is 4.14. The first-order valence-electron chi connectivity index (χ1n) is 8.01. The molecule has 4 rings (SSSR count). The fourth-order valence-electron chi connectivity index (χ4n) is 3.02. The van der Waals surface area contributed by atoms with Crippen LogP contribution in [-0.2, 0) is 0 Å². The summed E-state index contributed by atoms with van der Waals surface area (Å²) in [6.07, 6.45) is 6.69. The van der Waals surface area contributed by atoms with E-state index in [9.17, 15) is 0 Å². The van der Waals surface area contributed by atoms with Crippen molar-refractivity contribution in [3.05, 3.63) is 42.1 Å². The molecular formula is C17H18N8. The van der Waals surface area contributed by atoms with E-state index < -0.39 is 0 Å². The maximum atomic E-state index is 5.64. The van der Waals surface area contributed by atoms with E-state index in [0.717, 1.165) is 33.7 Å². The molecule has 0 spiro atoms. The topological polar surface area (TPSA) is 111 Å². The quantitative estimate of drug-likeness (QED) is 0.596. The molecule has 0 amide bonds. The minimum atomic E-state index is 0.245. The molecule has 4 heterocycles. The fraction of sp³-hybridized carbons (Fsp3) is 0.235. The molecule has 126 valence electrons. The monoisotopic (exact) mass is 334 g/mol. The zero-order valence-corrected chi connectivity index (χ0v) is 14.2. The van der Waals surface area contributed by atoms with Crippen LogP contribution in [0.4, 0.5) is 5.82 Å². The number of aromatic nitrogens is 7. The predicted molar refractivity (Wildman–Crippen MR) is 94.8 cm³/mol. The lowest BCUT2D eigenvalue weighted by atomic mass is 9.96. The van der Waals surface area contributed by atoms with Crippen molar-refractivity contribution in [2.45, 2.75) is 26.7 Å². The molecular weight excluding hydrogens is 316 g/mol. The van der Waals surface area contributed by atoms with Crippen LogP contribution in [0.25, 0.3) is 28.3 Å². The summed E-state index contributed by atoms with van der Waals surface area (Å²) >= 11 is 0. The average molecular weight is 334 g/mol. The van der Waals surface area contributed by atoms with E-state index in [1.165, 1.54) is 0 Å². The highest BCUT2D eigenvalue weighted by Gasteiger charge is 2.21. The van der Waals surface area contributed by atoms with Crippen molar-refractivity contribution in [3.8, 4) is 22.6 Å². The second kappa shape index (κ2) is 5.66. The van der Waals surface area contributed by atoms with E-state index in [4.69, 9.17) is 5.73 Å². The molecule has 0 saturated carbocycles. The molecule has 8 heteroatoms. The van der Waals surface area contributed by atoms with Crippen molar-refractivity contribution in [1.82, 2.24) is 34.8 Å². The number of rotatable bonds is 3. The smallest absolute Gasteiger partial charge is 0.158 e. The standard InChI is InChI=1S/C17H18N8/c1-9(2)14-15(11-4-10(3)17-21-8-22-25(17)7-11)23-24-16(14)12-5-20-13(18)6-19-12/h4-9H,1-3H3,(H2,18,20)(H,23,24). The number of anilines is 1. The van der Waals surface area contributed by atoms with Crippen LogP contribution in [0.15, 0.2) is 31.0 Å². The van der Waals surface area contributed by atoms with Crippen molar-refractivity contribution in [3.63, 3.8) is 0 Å². The summed E-state index contributed by atoms with van der Waals surface area (Å²) in [6.45, 7) is 6.28. The van der Waals surface area contributed by atoms with Gasteiger partial charge in [-0.2, -0.15) is 10.2 Å². The van der Waals surface area contributed by atoms with Crippen LogP contribution in [0.3, 0.4) is 0 Å². The Labute approximate surface area is 144 Å². The predicted octanol–water partition coefficient (Wildman–Crippen LogP) is 2.59. The summed E-state index contributed by atoms with van der Waals surface area (Å²) in [7, 11) is 0. The van der Waals surface area contributed by atoms with Crippen LogP contribution in [-0.4, -0.2) is 34.8 Å². The first-order valence-corrected chi connectivity index (χ1v) is 8.01. The number of pyridine rings is 1. The molecule has 8 nitrogen and oxygen atoms in total. The number of nitrogens with one attached hydrogen (secondary N) is 1. The number of aromatic amines is 1. The lowest BCUT2D eigenvalue weighted by Gasteiger charge is -2.10. The number of nitrogens with zero attached hydrogens (tertiary/aromatic N) is 6. The van der Waals surface area contributed by atoms with Gasteiger partial charge in [0.15, 0.2) is 5.65 Å². The van der Waals surface area contributed by atoms with Gasteiger partial charge in [-0.05, 0) is 24.5 Å². The van der Waals surface area contributed by atoms with Gasteiger partial charge in [0.1, 0.15) is 23.5 Å². The van der Waals surface area contributed by atoms with E-state index in [0.29, 0.717) is 11.5 Å². The van der Waals surface area contributed by atoms with Gasteiger partial charge in [0.25, 0.3) is 0 Å². The average Bonchev–Trinajstić information content (AvgIpc) is 3.22. The SMILES string of the molecule is Cc1cc(-c2[nH]nc(-c3cnc(N)cn3)c2C(C)C)cn2ncnc12. The maximum Gasteiger partial charge on any atom is 0.158 e. The summed E-state index contributed by atoms with van der Waals surface area (Å²) in [5.41, 5.74) is 12.0. The highest BCUT2D eigenvalue weighted by Crippen LogP contribution is 2.35. The lowest BCUT2D eigenvalue weighted by Crippen LogP contribution is -1.98. The molecule has 0 aliphatic rings. The van der Waals surface area contributed by atoms with Crippen LogP contribution in [0.1, 0.15) is 30.9 Å². The van der Waals surface area contributed by atoms with Gasteiger partial charge in [-0.25, -0.2) is 19.5 Å². The van der Waals surface area contributed by atoms with Gasteiger partial charge in [-0.3, -0.25) is 5.10 Å².